The molecule has 1 rings (SSSR count). The molecule has 0 aromatic rings. The lowest BCUT2D eigenvalue weighted by atomic mass is 9.89. The number of rotatable bonds is 3. The average Bonchev–Trinajstić information content (AvgIpc) is 2.34. The van der Waals surface area contributed by atoms with Gasteiger partial charge in [-0.05, 0) is 24.8 Å². The van der Waals surface area contributed by atoms with Crippen LogP contribution in [0.5, 0.6) is 0 Å². The highest BCUT2D eigenvalue weighted by atomic mass is 32.2. The molecule has 5 heteroatoms. The molecule has 12 heavy (non-hydrogen) atoms. The SMILES string of the molecule is NCC1(CS(=O)(=O)O)CCCC1. The van der Waals surface area contributed by atoms with Crippen molar-refractivity contribution in [1.82, 2.24) is 0 Å². The van der Waals surface area contributed by atoms with E-state index >= 15 is 0 Å². The quantitative estimate of drug-likeness (QED) is 0.635. The van der Waals surface area contributed by atoms with Crippen molar-refractivity contribution < 1.29 is 13.0 Å². The van der Waals surface area contributed by atoms with E-state index < -0.39 is 10.1 Å². The fourth-order valence-electron chi connectivity index (χ4n) is 1.92. The van der Waals surface area contributed by atoms with Gasteiger partial charge in [0.15, 0.2) is 0 Å². The fourth-order valence-corrected chi connectivity index (χ4v) is 3.10. The molecule has 0 saturated heterocycles. The predicted molar refractivity (Wildman–Crippen MR) is 46.4 cm³/mol. The Bertz CT molecular complexity index is 241. The number of hydrogen-bond donors (Lipinski definition) is 2. The van der Waals surface area contributed by atoms with Crippen LogP contribution in [0.1, 0.15) is 25.7 Å². The maximum atomic E-state index is 10.7. The monoisotopic (exact) mass is 193 g/mol. The van der Waals surface area contributed by atoms with E-state index in [1.807, 2.05) is 0 Å². The molecule has 1 aliphatic carbocycles. The van der Waals surface area contributed by atoms with Gasteiger partial charge < -0.3 is 5.73 Å². The largest absolute Gasteiger partial charge is 0.330 e. The van der Waals surface area contributed by atoms with E-state index in [1.165, 1.54) is 0 Å². The third-order valence-electron chi connectivity index (χ3n) is 2.59. The zero-order chi connectivity index (χ0) is 9.24. The molecule has 0 unspecified atom stereocenters. The van der Waals surface area contributed by atoms with Crippen LogP contribution in [-0.4, -0.2) is 25.3 Å². The molecule has 1 saturated carbocycles. The summed E-state index contributed by atoms with van der Waals surface area (Å²) < 4.78 is 30.0. The van der Waals surface area contributed by atoms with Crippen LogP contribution in [0, 0.1) is 5.41 Å². The first-order valence-electron chi connectivity index (χ1n) is 4.13. The maximum absolute atomic E-state index is 10.7. The summed E-state index contributed by atoms with van der Waals surface area (Å²) in [7, 11) is -3.86. The van der Waals surface area contributed by atoms with Gasteiger partial charge in [-0.15, -0.1) is 0 Å². The smallest absolute Gasteiger partial charge is 0.265 e. The first-order valence-corrected chi connectivity index (χ1v) is 5.74. The van der Waals surface area contributed by atoms with E-state index in [9.17, 15) is 8.42 Å². The zero-order valence-corrected chi connectivity index (χ0v) is 7.81. The molecule has 0 bridgehead atoms. The van der Waals surface area contributed by atoms with Gasteiger partial charge in [-0.25, -0.2) is 0 Å². The van der Waals surface area contributed by atoms with Crippen molar-refractivity contribution in [1.29, 1.82) is 0 Å². The highest BCUT2D eigenvalue weighted by molar-refractivity contribution is 7.85. The number of hydrogen-bond acceptors (Lipinski definition) is 3. The van der Waals surface area contributed by atoms with Gasteiger partial charge in [-0.3, -0.25) is 4.55 Å². The molecular weight excluding hydrogens is 178 g/mol. The molecule has 3 N–H and O–H groups in total. The van der Waals surface area contributed by atoms with Crippen molar-refractivity contribution in [3.63, 3.8) is 0 Å². The van der Waals surface area contributed by atoms with Gasteiger partial charge in [0.05, 0.1) is 5.75 Å². The minimum absolute atomic E-state index is 0.170. The third kappa shape index (κ3) is 2.43. The van der Waals surface area contributed by atoms with Gasteiger partial charge in [0.2, 0.25) is 0 Å². The molecule has 0 heterocycles. The van der Waals surface area contributed by atoms with E-state index in [4.69, 9.17) is 10.3 Å². The van der Waals surface area contributed by atoms with Crippen molar-refractivity contribution >= 4 is 10.1 Å². The topological polar surface area (TPSA) is 80.4 Å². The summed E-state index contributed by atoms with van der Waals surface area (Å²) in [5.74, 6) is -0.170. The van der Waals surface area contributed by atoms with Crippen molar-refractivity contribution in [3.05, 3.63) is 0 Å². The molecule has 1 aliphatic rings. The first-order chi connectivity index (χ1) is 5.47. The van der Waals surface area contributed by atoms with Gasteiger partial charge >= 0.3 is 0 Å². The molecule has 0 aromatic heterocycles. The lowest BCUT2D eigenvalue weighted by Crippen LogP contribution is -2.34. The Kier molecular flexibility index (Phi) is 2.75. The van der Waals surface area contributed by atoms with Crippen LogP contribution >= 0.6 is 0 Å². The van der Waals surface area contributed by atoms with Gasteiger partial charge in [-0.1, -0.05) is 12.8 Å². The van der Waals surface area contributed by atoms with Gasteiger partial charge in [-0.2, -0.15) is 8.42 Å². The molecule has 4 nitrogen and oxygen atoms in total. The fraction of sp³-hybridized carbons (Fsp3) is 1.00. The maximum Gasteiger partial charge on any atom is 0.265 e. The third-order valence-corrected chi connectivity index (χ3v) is 3.56. The van der Waals surface area contributed by atoms with Crippen molar-refractivity contribution in [3.8, 4) is 0 Å². The summed E-state index contributed by atoms with van der Waals surface area (Å²) in [6.45, 7) is 0.354. The van der Waals surface area contributed by atoms with Crippen LogP contribution in [0.15, 0.2) is 0 Å². The Labute approximate surface area is 72.9 Å². The summed E-state index contributed by atoms with van der Waals surface area (Å²) in [5.41, 5.74) is 5.16. The molecule has 72 valence electrons. The second-order valence-electron chi connectivity index (χ2n) is 3.64. The normalized spacial score (nSPS) is 22.8. The Morgan fingerprint density at radius 1 is 1.33 bits per heavy atom. The van der Waals surface area contributed by atoms with Crippen LogP contribution in [0.3, 0.4) is 0 Å². The lowest BCUT2D eigenvalue weighted by molar-refractivity contribution is 0.338. The van der Waals surface area contributed by atoms with Crippen molar-refractivity contribution in [2.75, 3.05) is 12.3 Å². The Morgan fingerprint density at radius 3 is 2.17 bits per heavy atom. The predicted octanol–water partition coefficient (Wildman–Crippen LogP) is 0.393. The van der Waals surface area contributed by atoms with Gasteiger partial charge in [0, 0.05) is 0 Å². The van der Waals surface area contributed by atoms with Crippen LogP contribution < -0.4 is 5.73 Å². The lowest BCUT2D eigenvalue weighted by Gasteiger charge is -2.24. The highest BCUT2D eigenvalue weighted by Gasteiger charge is 2.36. The second-order valence-corrected chi connectivity index (χ2v) is 5.09. The first kappa shape index (κ1) is 9.95. The van der Waals surface area contributed by atoms with E-state index in [2.05, 4.69) is 0 Å². The summed E-state index contributed by atoms with van der Waals surface area (Å²) in [5, 5.41) is 0. The summed E-state index contributed by atoms with van der Waals surface area (Å²) in [6, 6.07) is 0. The minimum atomic E-state index is -3.86. The van der Waals surface area contributed by atoms with Gasteiger partial charge in [0.1, 0.15) is 0 Å². The standard InChI is InChI=1S/C7H15NO3S/c8-5-7(3-1-2-4-7)6-12(9,10)11/h1-6,8H2,(H,9,10,11). The van der Waals surface area contributed by atoms with Gasteiger partial charge in [0.25, 0.3) is 10.1 Å². The van der Waals surface area contributed by atoms with E-state index in [-0.39, 0.29) is 11.2 Å². The van der Waals surface area contributed by atoms with E-state index in [1.54, 1.807) is 0 Å². The molecule has 0 spiro atoms. The summed E-state index contributed by atoms with van der Waals surface area (Å²) in [6.07, 6.45) is 3.69. The second kappa shape index (κ2) is 3.32. The molecule has 0 aliphatic heterocycles. The summed E-state index contributed by atoms with van der Waals surface area (Å²) >= 11 is 0. The van der Waals surface area contributed by atoms with Crippen LogP contribution in [-0.2, 0) is 10.1 Å². The molecular formula is C7H15NO3S. The molecule has 1 fully saturated rings. The van der Waals surface area contributed by atoms with Crippen LogP contribution in [0.4, 0.5) is 0 Å². The molecule has 0 atom stereocenters. The Balaban J connectivity index is 2.68. The number of nitrogens with two attached hydrogens (primary N) is 1. The Hall–Kier alpha value is -0.130. The van der Waals surface area contributed by atoms with Crippen molar-refractivity contribution in [2.45, 2.75) is 25.7 Å². The van der Waals surface area contributed by atoms with E-state index in [0.717, 1.165) is 25.7 Å². The average molecular weight is 193 g/mol. The molecule has 0 aromatic carbocycles. The summed E-state index contributed by atoms with van der Waals surface area (Å²) in [4.78, 5) is 0. The van der Waals surface area contributed by atoms with Crippen LogP contribution in [0.25, 0.3) is 0 Å². The Morgan fingerprint density at radius 2 is 1.83 bits per heavy atom. The minimum Gasteiger partial charge on any atom is -0.330 e. The molecule has 0 radical (unpaired) electrons. The highest BCUT2D eigenvalue weighted by Crippen LogP contribution is 2.37. The van der Waals surface area contributed by atoms with E-state index in [0.29, 0.717) is 6.54 Å². The zero-order valence-electron chi connectivity index (χ0n) is 6.99. The molecule has 0 amide bonds. The van der Waals surface area contributed by atoms with Crippen LogP contribution in [0.2, 0.25) is 0 Å². The van der Waals surface area contributed by atoms with Crippen molar-refractivity contribution in [2.24, 2.45) is 11.1 Å².